The van der Waals surface area contributed by atoms with Gasteiger partial charge in [-0.15, -0.1) is 11.3 Å². The van der Waals surface area contributed by atoms with Gasteiger partial charge in [0.1, 0.15) is 10.8 Å². The molecule has 0 saturated carbocycles. The number of halogens is 2. The highest BCUT2D eigenvalue weighted by molar-refractivity contribution is 7.18. The molecule has 1 aliphatic rings. The van der Waals surface area contributed by atoms with Crippen molar-refractivity contribution in [3.63, 3.8) is 0 Å². The van der Waals surface area contributed by atoms with E-state index in [1.54, 1.807) is 28.4 Å². The van der Waals surface area contributed by atoms with E-state index in [0.29, 0.717) is 18.7 Å². The first-order valence-corrected chi connectivity index (χ1v) is 9.81. The van der Waals surface area contributed by atoms with E-state index in [1.165, 1.54) is 16.8 Å². The second-order valence-corrected chi connectivity index (χ2v) is 7.67. The van der Waals surface area contributed by atoms with Crippen molar-refractivity contribution in [2.45, 2.75) is 13.2 Å². The molecule has 2 aromatic carbocycles. The predicted molar refractivity (Wildman–Crippen MR) is 104 cm³/mol. The first-order chi connectivity index (χ1) is 13.6. The van der Waals surface area contributed by atoms with Gasteiger partial charge in [0.25, 0.3) is 5.91 Å². The van der Waals surface area contributed by atoms with E-state index in [0.717, 1.165) is 30.2 Å². The van der Waals surface area contributed by atoms with Crippen LogP contribution in [0.5, 0.6) is 5.75 Å². The maximum absolute atomic E-state index is 12.7. The minimum Gasteiger partial charge on any atom is -0.435 e. The zero-order valence-corrected chi connectivity index (χ0v) is 15.9. The van der Waals surface area contributed by atoms with E-state index in [1.807, 2.05) is 18.2 Å². The Hall–Kier alpha value is -2.58. The third-order valence-corrected chi connectivity index (χ3v) is 5.68. The highest BCUT2D eigenvalue weighted by Gasteiger charge is 2.23. The molecule has 0 unspecified atom stereocenters. The summed E-state index contributed by atoms with van der Waals surface area (Å²) in [5, 5.41) is 1.07. The molecule has 0 atom stereocenters. The van der Waals surface area contributed by atoms with Crippen molar-refractivity contribution >= 4 is 27.5 Å². The number of fused-ring (bicyclic) bond motifs is 1. The smallest absolute Gasteiger partial charge is 0.387 e. The minimum atomic E-state index is -2.91. The number of hydrogen-bond donors (Lipinski definition) is 0. The molecule has 1 aliphatic heterocycles. The molecule has 146 valence electrons. The van der Waals surface area contributed by atoms with Crippen molar-refractivity contribution in [2.75, 3.05) is 26.2 Å². The van der Waals surface area contributed by atoms with Crippen molar-refractivity contribution < 1.29 is 18.3 Å². The molecule has 0 radical (unpaired) electrons. The fourth-order valence-electron chi connectivity index (χ4n) is 3.28. The molecule has 0 bridgehead atoms. The molecular weight excluding hydrogens is 384 g/mol. The van der Waals surface area contributed by atoms with Gasteiger partial charge in [0, 0.05) is 31.7 Å². The average Bonchev–Trinajstić information content (AvgIpc) is 3.10. The number of carbonyl (C=O) groups is 1. The Labute approximate surface area is 165 Å². The fraction of sp³-hybridized carbons (Fsp3) is 0.300. The number of benzene rings is 2. The lowest BCUT2D eigenvalue weighted by Crippen LogP contribution is -2.48. The summed E-state index contributed by atoms with van der Waals surface area (Å²) < 4.78 is 30.3. The molecule has 1 fully saturated rings. The maximum Gasteiger partial charge on any atom is 0.387 e. The minimum absolute atomic E-state index is 0.00433. The average molecular weight is 403 g/mol. The van der Waals surface area contributed by atoms with Crippen LogP contribution in [-0.4, -0.2) is 53.5 Å². The van der Waals surface area contributed by atoms with Crippen LogP contribution in [0.4, 0.5) is 8.78 Å². The quantitative estimate of drug-likeness (QED) is 0.649. The molecule has 0 N–H and O–H groups in total. The first kappa shape index (κ1) is 18.8. The molecular formula is C20H19F2N3O2S. The van der Waals surface area contributed by atoms with Crippen LogP contribution in [0.1, 0.15) is 15.4 Å². The molecule has 28 heavy (non-hydrogen) atoms. The van der Waals surface area contributed by atoms with Crippen LogP contribution in [-0.2, 0) is 6.54 Å². The Balaban J connectivity index is 1.35. The topological polar surface area (TPSA) is 45.7 Å². The van der Waals surface area contributed by atoms with E-state index >= 15 is 0 Å². The Morgan fingerprint density at radius 2 is 1.89 bits per heavy atom. The van der Waals surface area contributed by atoms with E-state index in [9.17, 15) is 13.6 Å². The van der Waals surface area contributed by atoms with Gasteiger partial charge in [-0.2, -0.15) is 8.78 Å². The molecule has 2 heterocycles. The van der Waals surface area contributed by atoms with Crippen molar-refractivity contribution in [2.24, 2.45) is 0 Å². The third kappa shape index (κ3) is 4.28. The number of carbonyl (C=O) groups excluding carboxylic acids is 1. The van der Waals surface area contributed by atoms with Crippen LogP contribution in [0, 0.1) is 0 Å². The molecule has 1 aromatic heterocycles. The number of thiazole rings is 1. The SMILES string of the molecule is O=C(c1cccc(OC(F)F)c1)N1CCN(Cc2nc3ccccc3s2)CC1. The molecule has 1 saturated heterocycles. The van der Waals surface area contributed by atoms with Crippen LogP contribution < -0.4 is 4.74 Å². The summed E-state index contributed by atoms with van der Waals surface area (Å²) in [6.07, 6.45) is 0. The Bertz CT molecular complexity index is 938. The number of alkyl halides is 2. The zero-order chi connectivity index (χ0) is 19.5. The highest BCUT2D eigenvalue weighted by Crippen LogP contribution is 2.23. The van der Waals surface area contributed by atoms with E-state index < -0.39 is 6.61 Å². The lowest BCUT2D eigenvalue weighted by molar-refractivity contribution is -0.0499. The van der Waals surface area contributed by atoms with Crippen LogP contribution in [0.3, 0.4) is 0 Å². The van der Waals surface area contributed by atoms with Crippen LogP contribution in [0.25, 0.3) is 10.2 Å². The monoisotopic (exact) mass is 403 g/mol. The van der Waals surface area contributed by atoms with Gasteiger partial charge in [0.05, 0.1) is 16.8 Å². The second-order valence-electron chi connectivity index (χ2n) is 6.55. The van der Waals surface area contributed by atoms with E-state index in [4.69, 9.17) is 0 Å². The van der Waals surface area contributed by atoms with E-state index in [2.05, 4.69) is 20.7 Å². The van der Waals surface area contributed by atoms with Crippen LogP contribution >= 0.6 is 11.3 Å². The van der Waals surface area contributed by atoms with Gasteiger partial charge < -0.3 is 9.64 Å². The lowest BCUT2D eigenvalue weighted by atomic mass is 10.1. The maximum atomic E-state index is 12.7. The molecule has 0 aliphatic carbocycles. The first-order valence-electron chi connectivity index (χ1n) is 8.99. The van der Waals surface area contributed by atoms with Crippen molar-refractivity contribution in [1.82, 2.24) is 14.8 Å². The lowest BCUT2D eigenvalue weighted by Gasteiger charge is -2.34. The summed E-state index contributed by atoms with van der Waals surface area (Å²) in [6, 6.07) is 14.0. The number of ether oxygens (including phenoxy) is 1. The number of aromatic nitrogens is 1. The van der Waals surface area contributed by atoms with Crippen molar-refractivity contribution in [1.29, 1.82) is 0 Å². The number of hydrogen-bond acceptors (Lipinski definition) is 5. The summed E-state index contributed by atoms with van der Waals surface area (Å²) in [5.41, 5.74) is 1.37. The number of para-hydroxylation sites is 1. The summed E-state index contributed by atoms with van der Waals surface area (Å²) in [4.78, 5) is 21.4. The van der Waals surface area contributed by atoms with Crippen molar-refractivity contribution in [3.8, 4) is 5.75 Å². The van der Waals surface area contributed by atoms with Gasteiger partial charge in [0.15, 0.2) is 0 Å². The van der Waals surface area contributed by atoms with Crippen LogP contribution in [0.2, 0.25) is 0 Å². The number of rotatable bonds is 5. The summed E-state index contributed by atoms with van der Waals surface area (Å²) in [7, 11) is 0. The van der Waals surface area contributed by atoms with E-state index in [-0.39, 0.29) is 11.7 Å². The number of nitrogens with zero attached hydrogens (tertiary/aromatic N) is 3. The van der Waals surface area contributed by atoms with Gasteiger partial charge in [0.2, 0.25) is 0 Å². The van der Waals surface area contributed by atoms with Gasteiger partial charge in [-0.1, -0.05) is 18.2 Å². The largest absolute Gasteiger partial charge is 0.435 e. The summed E-state index contributed by atoms with van der Waals surface area (Å²) in [6.45, 7) is 0.521. The Kier molecular flexibility index (Phi) is 5.50. The third-order valence-electron chi connectivity index (χ3n) is 4.66. The summed E-state index contributed by atoms with van der Waals surface area (Å²) >= 11 is 1.69. The normalized spacial score (nSPS) is 15.3. The Morgan fingerprint density at radius 1 is 1.11 bits per heavy atom. The molecule has 1 amide bonds. The van der Waals surface area contributed by atoms with Gasteiger partial charge in [-0.25, -0.2) is 4.98 Å². The molecule has 3 aromatic rings. The second kappa shape index (κ2) is 8.20. The zero-order valence-electron chi connectivity index (χ0n) is 15.1. The standard InChI is InChI=1S/C20H19F2N3O2S/c21-20(22)27-15-5-3-4-14(12-15)19(26)25-10-8-24(9-11-25)13-18-23-16-6-1-2-7-17(16)28-18/h1-7,12,20H,8-11,13H2. The summed E-state index contributed by atoms with van der Waals surface area (Å²) in [5.74, 6) is -0.172. The molecule has 8 heteroatoms. The predicted octanol–water partition coefficient (Wildman–Crippen LogP) is 3.86. The molecule has 0 spiro atoms. The van der Waals surface area contributed by atoms with Crippen molar-refractivity contribution in [3.05, 3.63) is 59.1 Å². The molecule has 5 nitrogen and oxygen atoms in total. The fourth-order valence-corrected chi connectivity index (χ4v) is 4.29. The highest BCUT2D eigenvalue weighted by atomic mass is 32.1. The molecule has 4 rings (SSSR count). The number of piperazine rings is 1. The van der Waals surface area contributed by atoms with Gasteiger partial charge in [-0.3, -0.25) is 9.69 Å². The van der Waals surface area contributed by atoms with Gasteiger partial charge in [-0.05, 0) is 30.3 Å². The van der Waals surface area contributed by atoms with Crippen LogP contribution in [0.15, 0.2) is 48.5 Å². The Morgan fingerprint density at radius 3 is 2.64 bits per heavy atom. The van der Waals surface area contributed by atoms with Gasteiger partial charge >= 0.3 is 6.61 Å². The number of amides is 1.